The summed E-state index contributed by atoms with van der Waals surface area (Å²) in [4.78, 5) is 19.8. The van der Waals surface area contributed by atoms with Gasteiger partial charge in [0.25, 0.3) is 5.91 Å². The molecule has 1 aromatic heterocycles. The van der Waals surface area contributed by atoms with E-state index in [9.17, 15) is 9.90 Å². The Labute approximate surface area is 94.9 Å². The molecule has 16 heavy (non-hydrogen) atoms. The highest BCUT2D eigenvalue weighted by Gasteiger charge is 2.21. The summed E-state index contributed by atoms with van der Waals surface area (Å²) in [5.74, 6) is -0.323. The minimum absolute atomic E-state index is 0.174. The lowest BCUT2D eigenvalue weighted by molar-refractivity contribution is 0.0906. The van der Waals surface area contributed by atoms with Crippen molar-refractivity contribution in [3.05, 3.63) is 23.8 Å². The number of hydrogen-bond acceptors (Lipinski definition) is 4. The lowest BCUT2D eigenvalue weighted by atomic mass is 10.1. The van der Waals surface area contributed by atoms with Gasteiger partial charge in [0.05, 0.1) is 11.8 Å². The molecule has 5 heteroatoms. The van der Waals surface area contributed by atoms with Crippen LogP contribution in [0.1, 0.15) is 50.0 Å². The van der Waals surface area contributed by atoms with E-state index in [1.165, 1.54) is 12.4 Å². The van der Waals surface area contributed by atoms with Gasteiger partial charge in [-0.05, 0) is 27.7 Å². The molecule has 1 amide bonds. The van der Waals surface area contributed by atoms with Crippen LogP contribution in [0.5, 0.6) is 0 Å². The number of hydrogen-bond donors (Lipinski definition) is 2. The highest BCUT2D eigenvalue weighted by Crippen LogP contribution is 2.13. The van der Waals surface area contributed by atoms with Gasteiger partial charge in [-0.3, -0.25) is 9.78 Å². The molecule has 1 atom stereocenters. The van der Waals surface area contributed by atoms with E-state index in [0.29, 0.717) is 5.69 Å². The fourth-order valence-electron chi connectivity index (χ4n) is 1.23. The molecule has 1 heterocycles. The number of rotatable bonds is 2. The molecule has 0 fully saturated rings. The maximum absolute atomic E-state index is 11.9. The third kappa shape index (κ3) is 3.27. The van der Waals surface area contributed by atoms with Crippen molar-refractivity contribution in [3.8, 4) is 0 Å². The zero-order valence-electron chi connectivity index (χ0n) is 9.98. The number of aliphatic hydroxyl groups excluding tert-OH is 1. The van der Waals surface area contributed by atoms with E-state index >= 15 is 0 Å². The molecule has 0 aliphatic carbocycles. The molecule has 0 spiro atoms. The molecule has 0 aliphatic heterocycles. The number of amides is 1. The predicted octanol–water partition coefficient (Wildman–Crippen LogP) is 1.06. The monoisotopic (exact) mass is 223 g/mol. The van der Waals surface area contributed by atoms with Crippen LogP contribution in [-0.4, -0.2) is 26.5 Å². The molecule has 88 valence electrons. The number of nitrogens with one attached hydrogen (secondary N) is 1. The summed E-state index contributed by atoms with van der Waals surface area (Å²) in [5, 5.41) is 12.2. The van der Waals surface area contributed by atoms with Gasteiger partial charge in [-0.15, -0.1) is 0 Å². The minimum atomic E-state index is -0.811. The quantitative estimate of drug-likeness (QED) is 0.786. The second-order valence-corrected chi connectivity index (χ2v) is 4.67. The molecule has 0 aliphatic rings. The smallest absolute Gasteiger partial charge is 0.272 e. The van der Waals surface area contributed by atoms with Gasteiger partial charge in [-0.25, -0.2) is 4.98 Å². The molecule has 1 unspecified atom stereocenters. The Hall–Kier alpha value is -1.49. The zero-order valence-corrected chi connectivity index (χ0v) is 9.98. The van der Waals surface area contributed by atoms with Crippen molar-refractivity contribution in [2.24, 2.45) is 0 Å². The van der Waals surface area contributed by atoms with E-state index in [0.717, 1.165) is 0 Å². The van der Waals surface area contributed by atoms with E-state index in [4.69, 9.17) is 0 Å². The number of aliphatic hydroxyl groups is 1. The molecule has 1 aromatic rings. The Morgan fingerprint density at radius 2 is 1.94 bits per heavy atom. The summed E-state index contributed by atoms with van der Waals surface area (Å²) in [6.07, 6.45) is 2.08. The Bertz CT molecular complexity index is 383. The van der Waals surface area contributed by atoms with E-state index in [2.05, 4.69) is 15.3 Å². The minimum Gasteiger partial charge on any atom is -0.387 e. The molecule has 0 radical (unpaired) electrons. The lowest BCUT2D eigenvalue weighted by Crippen LogP contribution is -2.41. The highest BCUT2D eigenvalue weighted by molar-refractivity contribution is 5.93. The summed E-state index contributed by atoms with van der Waals surface area (Å²) in [6.45, 7) is 7.19. The van der Waals surface area contributed by atoms with Crippen LogP contribution in [-0.2, 0) is 0 Å². The first-order chi connectivity index (χ1) is 7.31. The average molecular weight is 223 g/mol. The van der Waals surface area contributed by atoms with Gasteiger partial charge >= 0.3 is 0 Å². The van der Waals surface area contributed by atoms with Gasteiger partial charge in [-0.2, -0.15) is 0 Å². The molecule has 0 saturated heterocycles. The maximum atomic E-state index is 11.9. The van der Waals surface area contributed by atoms with Crippen molar-refractivity contribution in [2.45, 2.75) is 39.3 Å². The number of aromatic nitrogens is 2. The van der Waals surface area contributed by atoms with Gasteiger partial charge < -0.3 is 10.4 Å². The van der Waals surface area contributed by atoms with Crippen molar-refractivity contribution in [1.29, 1.82) is 0 Å². The summed E-state index contributed by atoms with van der Waals surface area (Å²) in [5.41, 5.74) is 0.126. The van der Waals surface area contributed by atoms with Gasteiger partial charge in [0.15, 0.2) is 5.69 Å². The fraction of sp³-hybridized carbons (Fsp3) is 0.545. The summed E-state index contributed by atoms with van der Waals surface area (Å²) < 4.78 is 0. The van der Waals surface area contributed by atoms with Crippen molar-refractivity contribution in [3.63, 3.8) is 0 Å². The van der Waals surface area contributed by atoms with Crippen LogP contribution in [0.4, 0.5) is 0 Å². The number of carbonyl (C=O) groups is 1. The highest BCUT2D eigenvalue weighted by atomic mass is 16.3. The largest absolute Gasteiger partial charge is 0.387 e. The third-order valence-electron chi connectivity index (χ3n) is 1.83. The van der Waals surface area contributed by atoms with Crippen molar-refractivity contribution < 1.29 is 9.90 Å². The predicted molar refractivity (Wildman–Crippen MR) is 59.9 cm³/mol. The van der Waals surface area contributed by atoms with Crippen molar-refractivity contribution in [1.82, 2.24) is 15.3 Å². The average Bonchev–Trinajstić information content (AvgIpc) is 2.15. The number of carbonyl (C=O) groups excluding carboxylic acids is 1. The van der Waals surface area contributed by atoms with Crippen LogP contribution in [0, 0.1) is 0 Å². The molecule has 2 N–H and O–H groups in total. The third-order valence-corrected chi connectivity index (χ3v) is 1.83. The molecule has 1 rings (SSSR count). The molecule has 0 bridgehead atoms. The molecular weight excluding hydrogens is 206 g/mol. The van der Waals surface area contributed by atoms with Gasteiger partial charge in [0.1, 0.15) is 0 Å². The lowest BCUT2D eigenvalue weighted by Gasteiger charge is -2.21. The second-order valence-electron chi connectivity index (χ2n) is 4.67. The topological polar surface area (TPSA) is 75.1 Å². The van der Waals surface area contributed by atoms with E-state index in [1.807, 2.05) is 20.8 Å². The first-order valence-corrected chi connectivity index (χ1v) is 5.13. The van der Waals surface area contributed by atoms with Crippen LogP contribution in [0.25, 0.3) is 0 Å². The fourth-order valence-corrected chi connectivity index (χ4v) is 1.23. The van der Waals surface area contributed by atoms with Gasteiger partial charge in [0.2, 0.25) is 0 Å². The van der Waals surface area contributed by atoms with E-state index in [-0.39, 0.29) is 17.1 Å². The first kappa shape index (κ1) is 12.6. The standard InChI is InChI=1S/C11H17N3O2/c1-7(15)8-9(13-6-5-12-8)10(16)14-11(2,3)4/h5-7,15H,1-4H3,(H,14,16). The molecule has 0 aromatic carbocycles. The van der Waals surface area contributed by atoms with Crippen LogP contribution in [0.2, 0.25) is 0 Å². The van der Waals surface area contributed by atoms with Crippen molar-refractivity contribution in [2.75, 3.05) is 0 Å². The van der Waals surface area contributed by atoms with E-state index < -0.39 is 6.10 Å². The summed E-state index contributed by atoms with van der Waals surface area (Å²) >= 11 is 0. The Balaban J connectivity index is 3.00. The molecule has 0 saturated carbocycles. The Kier molecular flexibility index (Phi) is 3.59. The van der Waals surface area contributed by atoms with E-state index in [1.54, 1.807) is 6.92 Å². The Morgan fingerprint density at radius 1 is 1.38 bits per heavy atom. The van der Waals surface area contributed by atoms with Crippen molar-refractivity contribution >= 4 is 5.91 Å². The van der Waals surface area contributed by atoms with Crippen LogP contribution in [0.15, 0.2) is 12.4 Å². The second kappa shape index (κ2) is 4.57. The summed E-state index contributed by atoms with van der Waals surface area (Å²) in [6, 6.07) is 0. The molecule has 5 nitrogen and oxygen atoms in total. The van der Waals surface area contributed by atoms with Crippen LogP contribution < -0.4 is 5.32 Å². The van der Waals surface area contributed by atoms with Crippen LogP contribution >= 0.6 is 0 Å². The van der Waals surface area contributed by atoms with Gasteiger partial charge in [-0.1, -0.05) is 0 Å². The van der Waals surface area contributed by atoms with Gasteiger partial charge in [0, 0.05) is 17.9 Å². The molecular formula is C11H17N3O2. The Morgan fingerprint density at radius 3 is 2.44 bits per heavy atom. The maximum Gasteiger partial charge on any atom is 0.272 e. The van der Waals surface area contributed by atoms with Crippen LogP contribution in [0.3, 0.4) is 0 Å². The SMILES string of the molecule is CC(O)c1nccnc1C(=O)NC(C)(C)C. The first-order valence-electron chi connectivity index (χ1n) is 5.13. The number of nitrogens with zero attached hydrogens (tertiary/aromatic N) is 2. The zero-order chi connectivity index (χ0) is 12.3. The normalized spacial score (nSPS) is 13.3. The summed E-state index contributed by atoms with van der Waals surface area (Å²) in [7, 11) is 0.